The fourth-order valence-corrected chi connectivity index (χ4v) is 3.19. The summed E-state index contributed by atoms with van der Waals surface area (Å²) in [7, 11) is 0. The summed E-state index contributed by atoms with van der Waals surface area (Å²) in [5.74, 6) is 1.75. The van der Waals surface area contributed by atoms with E-state index in [9.17, 15) is 0 Å². The van der Waals surface area contributed by atoms with Gasteiger partial charge in [-0.15, -0.1) is 11.8 Å². The van der Waals surface area contributed by atoms with Crippen LogP contribution in [0.4, 0.5) is 0 Å². The molecule has 18 heavy (non-hydrogen) atoms. The third-order valence-corrected chi connectivity index (χ3v) is 4.30. The van der Waals surface area contributed by atoms with Crippen LogP contribution >= 0.6 is 11.8 Å². The van der Waals surface area contributed by atoms with Crippen LogP contribution < -0.4 is 5.32 Å². The van der Waals surface area contributed by atoms with Crippen LogP contribution in [-0.2, 0) is 4.74 Å². The van der Waals surface area contributed by atoms with Crippen LogP contribution in [0.2, 0.25) is 0 Å². The molecule has 0 aromatic heterocycles. The lowest BCUT2D eigenvalue weighted by atomic mass is 9.92. The van der Waals surface area contributed by atoms with E-state index >= 15 is 0 Å². The Morgan fingerprint density at radius 2 is 2.11 bits per heavy atom. The van der Waals surface area contributed by atoms with Crippen molar-refractivity contribution in [2.24, 2.45) is 5.92 Å². The van der Waals surface area contributed by atoms with E-state index in [1.165, 1.54) is 16.9 Å². The van der Waals surface area contributed by atoms with Crippen LogP contribution in [0.1, 0.15) is 31.9 Å². The fourth-order valence-electron chi connectivity index (χ4n) is 2.53. The van der Waals surface area contributed by atoms with Crippen LogP contribution in [0.5, 0.6) is 0 Å². The summed E-state index contributed by atoms with van der Waals surface area (Å²) in [6.07, 6.45) is 1.17. The Morgan fingerprint density at radius 3 is 2.67 bits per heavy atom. The van der Waals surface area contributed by atoms with Gasteiger partial charge in [0.2, 0.25) is 0 Å². The van der Waals surface area contributed by atoms with Gasteiger partial charge in [-0.1, -0.05) is 26.0 Å². The minimum Gasteiger partial charge on any atom is -0.381 e. The number of hydrogen-bond donors (Lipinski definition) is 1. The second kappa shape index (κ2) is 7.17. The van der Waals surface area contributed by atoms with Gasteiger partial charge in [0, 0.05) is 23.5 Å². The van der Waals surface area contributed by atoms with E-state index in [0.29, 0.717) is 12.0 Å². The molecule has 100 valence electrons. The van der Waals surface area contributed by atoms with Crippen molar-refractivity contribution in [1.82, 2.24) is 5.32 Å². The Hall–Kier alpha value is -0.510. The highest BCUT2D eigenvalue weighted by molar-refractivity contribution is 7.99. The van der Waals surface area contributed by atoms with Crippen molar-refractivity contribution in [2.45, 2.75) is 31.2 Å². The average molecular weight is 265 g/mol. The molecule has 1 aromatic carbocycles. The van der Waals surface area contributed by atoms with Crippen LogP contribution in [0.3, 0.4) is 0 Å². The highest BCUT2D eigenvalue weighted by atomic mass is 32.2. The van der Waals surface area contributed by atoms with Crippen molar-refractivity contribution in [1.29, 1.82) is 0 Å². The summed E-state index contributed by atoms with van der Waals surface area (Å²) in [6, 6.07) is 9.46. The molecule has 1 aromatic rings. The number of rotatable bonds is 6. The van der Waals surface area contributed by atoms with Crippen molar-refractivity contribution < 1.29 is 4.74 Å². The third kappa shape index (κ3) is 3.50. The first-order chi connectivity index (χ1) is 8.85. The molecule has 1 saturated heterocycles. The minimum absolute atomic E-state index is 0.443. The van der Waals surface area contributed by atoms with Crippen LogP contribution in [0.15, 0.2) is 29.2 Å². The monoisotopic (exact) mass is 265 g/mol. The lowest BCUT2D eigenvalue weighted by molar-refractivity contribution is 0.177. The van der Waals surface area contributed by atoms with Crippen molar-refractivity contribution in [2.75, 3.05) is 25.5 Å². The minimum atomic E-state index is 0.443. The fraction of sp³-hybridized carbons (Fsp3) is 0.600. The molecule has 0 radical (unpaired) electrons. The standard InChI is InChI=1S/C15H23NOS/c1-3-16-15(13-9-10-17-11-13)12-5-7-14(8-6-12)18-4-2/h5-8,13,15-16H,3-4,9-11H2,1-2H3. The summed E-state index contributed by atoms with van der Waals surface area (Å²) in [5, 5.41) is 3.61. The highest BCUT2D eigenvalue weighted by Gasteiger charge is 2.26. The Morgan fingerprint density at radius 1 is 1.33 bits per heavy atom. The molecule has 2 nitrogen and oxygen atoms in total. The number of thioether (sulfide) groups is 1. The molecule has 0 spiro atoms. The molecular weight excluding hydrogens is 242 g/mol. The van der Waals surface area contributed by atoms with Gasteiger partial charge in [-0.05, 0) is 36.4 Å². The van der Waals surface area contributed by atoms with E-state index in [4.69, 9.17) is 4.74 Å². The zero-order valence-electron chi connectivity index (χ0n) is 11.3. The normalized spacial score (nSPS) is 21.1. The molecule has 1 aliphatic rings. The smallest absolute Gasteiger partial charge is 0.0513 e. The summed E-state index contributed by atoms with van der Waals surface area (Å²) in [4.78, 5) is 1.36. The third-order valence-electron chi connectivity index (χ3n) is 3.41. The second-order valence-corrected chi connectivity index (χ2v) is 6.00. The van der Waals surface area contributed by atoms with E-state index in [2.05, 4.69) is 43.4 Å². The first-order valence-corrected chi connectivity index (χ1v) is 7.87. The number of nitrogens with one attached hydrogen (secondary N) is 1. The summed E-state index contributed by atoms with van der Waals surface area (Å²) < 4.78 is 5.52. The molecule has 2 atom stereocenters. The molecule has 1 heterocycles. The summed E-state index contributed by atoms with van der Waals surface area (Å²) >= 11 is 1.90. The van der Waals surface area contributed by atoms with E-state index in [-0.39, 0.29) is 0 Å². The molecular formula is C15H23NOS. The molecule has 0 bridgehead atoms. The maximum atomic E-state index is 5.52. The summed E-state index contributed by atoms with van der Waals surface area (Å²) in [6.45, 7) is 7.17. The average Bonchev–Trinajstić information content (AvgIpc) is 2.91. The zero-order chi connectivity index (χ0) is 12.8. The van der Waals surface area contributed by atoms with Crippen molar-refractivity contribution in [3.63, 3.8) is 0 Å². The largest absolute Gasteiger partial charge is 0.381 e. The number of benzene rings is 1. The second-order valence-electron chi connectivity index (χ2n) is 4.66. The first-order valence-electron chi connectivity index (χ1n) is 6.89. The quantitative estimate of drug-likeness (QED) is 0.796. The Labute approximate surface area is 114 Å². The van der Waals surface area contributed by atoms with Gasteiger partial charge >= 0.3 is 0 Å². The van der Waals surface area contributed by atoms with Crippen molar-refractivity contribution >= 4 is 11.8 Å². The van der Waals surface area contributed by atoms with E-state index < -0.39 is 0 Å². The van der Waals surface area contributed by atoms with Gasteiger partial charge in [-0.2, -0.15) is 0 Å². The van der Waals surface area contributed by atoms with E-state index in [1.807, 2.05) is 11.8 Å². The topological polar surface area (TPSA) is 21.3 Å². The highest BCUT2D eigenvalue weighted by Crippen LogP contribution is 2.30. The molecule has 0 amide bonds. The van der Waals surface area contributed by atoms with Crippen LogP contribution in [0.25, 0.3) is 0 Å². The molecule has 1 fully saturated rings. The van der Waals surface area contributed by atoms with Gasteiger partial charge in [0.15, 0.2) is 0 Å². The van der Waals surface area contributed by atoms with E-state index in [0.717, 1.165) is 25.5 Å². The molecule has 0 saturated carbocycles. The lowest BCUT2D eigenvalue weighted by Gasteiger charge is -2.24. The van der Waals surface area contributed by atoms with Gasteiger partial charge in [0.1, 0.15) is 0 Å². The molecule has 1 aliphatic heterocycles. The predicted molar refractivity (Wildman–Crippen MR) is 78.2 cm³/mol. The Kier molecular flexibility index (Phi) is 5.54. The summed E-state index contributed by atoms with van der Waals surface area (Å²) in [5.41, 5.74) is 1.40. The predicted octanol–water partition coefficient (Wildman–Crippen LogP) is 3.49. The van der Waals surface area contributed by atoms with Crippen molar-refractivity contribution in [3.05, 3.63) is 29.8 Å². The lowest BCUT2D eigenvalue weighted by Crippen LogP contribution is -2.28. The molecule has 1 N–H and O–H groups in total. The van der Waals surface area contributed by atoms with Crippen LogP contribution in [-0.4, -0.2) is 25.5 Å². The van der Waals surface area contributed by atoms with Gasteiger partial charge in [-0.25, -0.2) is 0 Å². The molecule has 2 rings (SSSR count). The van der Waals surface area contributed by atoms with E-state index in [1.54, 1.807) is 0 Å². The number of ether oxygens (including phenoxy) is 1. The molecule has 0 aliphatic carbocycles. The van der Waals surface area contributed by atoms with Crippen LogP contribution in [0, 0.1) is 5.92 Å². The Balaban J connectivity index is 2.09. The van der Waals surface area contributed by atoms with Gasteiger partial charge in [0.25, 0.3) is 0 Å². The van der Waals surface area contributed by atoms with Crippen molar-refractivity contribution in [3.8, 4) is 0 Å². The maximum absolute atomic E-state index is 5.52. The maximum Gasteiger partial charge on any atom is 0.0513 e. The molecule has 2 unspecified atom stereocenters. The number of hydrogen-bond acceptors (Lipinski definition) is 3. The Bertz CT molecular complexity index is 346. The van der Waals surface area contributed by atoms with Gasteiger partial charge in [-0.3, -0.25) is 0 Å². The SMILES string of the molecule is CCNC(c1ccc(SCC)cc1)C1CCOC1. The zero-order valence-corrected chi connectivity index (χ0v) is 12.1. The molecule has 3 heteroatoms. The van der Waals surface area contributed by atoms with Gasteiger partial charge in [0.05, 0.1) is 6.61 Å². The first kappa shape index (κ1) is 13.9. The van der Waals surface area contributed by atoms with Gasteiger partial charge < -0.3 is 10.1 Å².